The van der Waals surface area contributed by atoms with Gasteiger partial charge in [0, 0.05) is 34.4 Å². The van der Waals surface area contributed by atoms with E-state index in [4.69, 9.17) is 4.74 Å². The maximum atomic E-state index is 5.83. The summed E-state index contributed by atoms with van der Waals surface area (Å²) in [4.78, 5) is 4.26. The quantitative estimate of drug-likeness (QED) is 0.898. The molecule has 1 aliphatic rings. The summed E-state index contributed by atoms with van der Waals surface area (Å²) in [6.45, 7) is 3.84. The van der Waals surface area contributed by atoms with Crippen LogP contribution in [-0.4, -0.2) is 24.2 Å². The minimum absolute atomic E-state index is 0.356. The number of hydrogen-bond acceptors (Lipinski definition) is 3. The fourth-order valence-corrected chi connectivity index (χ4v) is 3.37. The number of nitrogens with zero attached hydrogens (tertiary/aromatic N) is 1. The summed E-state index contributed by atoms with van der Waals surface area (Å²) < 4.78 is 6.86. The molecule has 2 atom stereocenters. The fourth-order valence-electron chi connectivity index (χ4n) is 2.96. The van der Waals surface area contributed by atoms with Crippen LogP contribution in [0.1, 0.15) is 24.0 Å². The molecule has 0 fully saturated rings. The Morgan fingerprint density at radius 2 is 2.24 bits per heavy atom. The highest BCUT2D eigenvalue weighted by molar-refractivity contribution is 9.10. The third-order valence-corrected chi connectivity index (χ3v) is 4.34. The van der Waals surface area contributed by atoms with Gasteiger partial charge in [0.05, 0.1) is 6.61 Å². The molecule has 110 valence electrons. The smallest absolute Gasteiger partial charge is 0.122 e. The van der Waals surface area contributed by atoms with Crippen LogP contribution in [0.2, 0.25) is 0 Å². The van der Waals surface area contributed by atoms with E-state index in [1.54, 1.807) is 0 Å². The van der Waals surface area contributed by atoms with Gasteiger partial charge in [-0.15, -0.1) is 0 Å². The van der Waals surface area contributed by atoms with Crippen molar-refractivity contribution in [3.8, 4) is 5.75 Å². The zero-order valence-corrected chi connectivity index (χ0v) is 13.6. The maximum Gasteiger partial charge on any atom is 0.122 e. The van der Waals surface area contributed by atoms with Gasteiger partial charge in [-0.05, 0) is 46.6 Å². The second kappa shape index (κ2) is 6.58. The van der Waals surface area contributed by atoms with Crippen molar-refractivity contribution in [2.45, 2.75) is 25.3 Å². The molecule has 1 aromatic carbocycles. The molecule has 2 heterocycles. The van der Waals surface area contributed by atoms with Crippen LogP contribution in [0, 0.1) is 0 Å². The molecule has 3 rings (SSSR count). The minimum atomic E-state index is 0.356. The second-order valence-corrected chi connectivity index (χ2v) is 6.25. The van der Waals surface area contributed by atoms with E-state index < -0.39 is 0 Å². The van der Waals surface area contributed by atoms with E-state index in [9.17, 15) is 0 Å². The average molecular weight is 347 g/mol. The lowest BCUT2D eigenvalue weighted by atomic mass is 9.89. The second-order valence-electron chi connectivity index (χ2n) is 5.34. The maximum absolute atomic E-state index is 5.83. The topological polar surface area (TPSA) is 34.2 Å². The van der Waals surface area contributed by atoms with Crippen molar-refractivity contribution in [3.63, 3.8) is 0 Å². The molecule has 0 radical (unpaired) electrons. The lowest BCUT2D eigenvalue weighted by Crippen LogP contribution is -2.37. The zero-order chi connectivity index (χ0) is 14.7. The molecule has 0 saturated heterocycles. The zero-order valence-electron chi connectivity index (χ0n) is 12.1. The van der Waals surface area contributed by atoms with E-state index in [-0.39, 0.29) is 0 Å². The summed E-state index contributed by atoms with van der Waals surface area (Å²) in [6.07, 6.45) is 4.71. The van der Waals surface area contributed by atoms with Crippen molar-refractivity contribution in [3.05, 3.63) is 58.3 Å². The van der Waals surface area contributed by atoms with E-state index in [1.165, 1.54) is 11.1 Å². The lowest BCUT2D eigenvalue weighted by Gasteiger charge is -2.24. The number of fused-ring (bicyclic) bond motifs is 1. The van der Waals surface area contributed by atoms with Gasteiger partial charge >= 0.3 is 0 Å². The number of para-hydroxylation sites is 1. The molecule has 1 aromatic heterocycles. The number of rotatable bonds is 5. The summed E-state index contributed by atoms with van der Waals surface area (Å²) in [5.41, 5.74) is 2.55. The molecular formula is C17H19BrN2O. The number of nitrogens with one attached hydrogen (secondary N) is 1. The van der Waals surface area contributed by atoms with E-state index in [0.717, 1.165) is 29.8 Å². The molecule has 2 aromatic rings. The molecular weight excluding hydrogens is 328 g/mol. The highest BCUT2D eigenvalue weighted by atomic mass is 79.9. The van der Waals surface area contributed by atoms with Gasteiger partial charge in [-0.3, -0.25) is 4.98 Å². The third kappa shape index (κ3) is 3.27. The van der Waals surface area contributed by atoms with Crippen LogP contribution in [0.3, 0.4) is 0 Å². The normalized spacial score (nSPS) is 18.1. The van der Waals surface area contributed by atoms with Crippen LogP contribution in [0.15, 0.2) is 47.2 Å². The Bertz CT molecular complexity index is 617. The van der Waals surface area contributed by atoms with Gasteiger partial charge in [-0.25, -0.2) is 0 Å². The molecule has 0 spiro atoms. The van der Waals surface area contributed by atoms with Crippen LogP contribution in [0.25, 0.3) is 0 Å². The summed E-state index contributed by atoms with van der Waals surface area (Å²) in [6, 6.07) is 10.8. The fraction of sp³-hybridized carbons (Fsp3) is 0.353. The van der Waals surface area contributed by atoms with Gasteiger partial charge in [0.15, 0.2) is 0 Å². The van der Waals surface area contributed by atoms with Crippen molar-refractivity contribution in [2.75, 3.05) is 13.2 Å². The van der Waals surface area contributed by atoms with Gasteiger partial charge in [0.2, 0.25) is 0 Å². The molecule has 0 aliphatic carbocycles. The van der Waals surface area contributed by atoms with E-state index in [1.807, 2.05) is 18.5 Å². The predicted molar refractivity (Wildman–Crippen MR) is 87.8 cm³/mol. The van der Waals surface area contributed by atoms with Crippen molar-refractivity contribution in [1.82, 2.24) is 10.3 Å². The first-order chi connectivity index (χ1) is 10.3. The predicted octanol–water partition coefficient (Wildman–Crippen LogP) is 3.54. The summed E-state index contributed by atoms with van der Waals surface area (Å²) in [5, 5.41) is 3.61. The molecule has 1 N–H and O–H groups in total. The van der Waals surface area contributed by atoms with Crippen molar-refractivity contribution >= 4 is 15.9 Å². The van der Waals surface area contributed by atoms with Gasteiger partial charge < -0.3 is 10.1 Å². The van der Waals surface area contributed by atoms with Gasteiger partial charge in [0.1, 0.15) is 5.75 Å². The molecule has 0 bridgehead atoms. The Morgan fingerprint density at radius 1 is 1.38 bits per heavy atom. The van der Waals surface area contributed by atoms with Crippen LogP contribution < -0.4 is 10.1 Å². The largest absolute Gasteiger partial charge is 0.493 e. The SMILES string of the molecule is CCNC(Cc1cncc(Br)c1)C1COc2ccccc21. The number of aromatic nitrogens is 1. The monoisotopic (exact) mass is 346 g/mol. The van der Waals surface area contributed by atoms with Crippen LogP contribution >= 0.6 is 15.9 Å². The van der Waals surface area contributed by atoms with Crippen molar-refractivity contribution in [1.29, 1.82) is 0 Å². The average Bonchev–Trinajstić information content (AvgIpc) is 2.91. The van der Waals surface area contributed by atoms with Crippen LogP contribution in [0.4, 0.5) is 0 Å². The van der Waals surface area contributed by atoms with Crippen LogP contribution in [0.5, 0.6) is 5.75 Å². The summed E-state index contributed by atoms with van der Waals surface area (Å²) in [5.74, 6) is 1.41. The first kappa shape index (κ1) is 14.5. The Labute approximate surface area is 133 Å². The number of benzene rings is 1. The summed E-state index contributed by atoms with van der Waals surface area (Å²) in [7, 11) is 0. The molecule has 4 heteroatoms. The number of ether oxygens (including phenoxy) is 1. The number of pyridine rings is 1. The molecule has 3 nitrogen and oxygen atoms in total. The summed E-state index contributed by atoms with van der Waals surface area (Å²) >= 11 is 3.49. The highest BCUT2D eigenvalue weighted by Gasteiger charge is 2.30. The van der Waals surface area contributed by atoms with E-state index in [2.05, 4.69) is 57.4 Å². The highest BCUT2D eigenvalue weighted by Crippen LogP contribution is 2.36. The first-order valence-corrected chi connectivity index (χ1v) is 8.11. The number of halogens is 1. The van der Waals surface area contributed by atoms with Crippen LogP contribution in [-0.2, 0) is 6.42 Å². The van der Waals surface area contributed by atoms with Crippen molar-refractivity contribution < 1.29 is 4.74 Å². The van der Waals surface area contributed by atoms with E-state index in [0.29, 0.717) is 12.0 Å². The number of likely N-dealkylation sites (N-methyl/N-ethyl adjacent to an activating group) is 1. The lowest BCUT2D eigenvalue weighted by molar-refractivity contribution is 0.298. The Balaban J connectivity index is 1.82. The van der Waals surface area contributed by atoms with Crippen molar-refractivity contribution in [2.24, 2.45) is 0 Å². The standard InChI is InChI=1S/C17H19BrN2O/c1-2-20-16(8-12-7-13(18)10-19-9-12)15-11-21-17-6-4-3-5-14(15)17/h3-7,9-10,15-16,20H,2,8,11H2,1H3. The molecule has 21 heavy (non-hydrogen) atoms. The Kier molecular flexibility index (Phi) is 4.56. The van der Waals surface area contributed by atoms with Gasteiger partial charge in [-0.2, -0.15) is 0 Å². The Morgan fingerprint density at radius 3 is 3.05 bits per heavy atom. The molecule has 2 unspecified atom stereocenters. The number of hydrogen-bond donors (Lipinski definition) is 1. The molecule has 0 amide bonds. The third-order valence-electron chi connectivity index (χ3n) is 3.91. The van der Waals surface area contributed by atoms with E-state index >= 15 is 0 Å². The molecule has 0 saturated carbocycles. The first-order valence-electron chi connectivity index (χ1n) is 7.32. The molecule has 1 aliphatic heterocycles. The van der Waals surface area contributed by atoms with Gasteiger partial charge in [-0.1, -0.05) is 25.1 Å². The van der Waals surface area contributed by atoms with Gasteiger partial charge in [0.25, 0.3) is 0 Å². The minimum Gasteiger partial charge on any atom is -0.493 e. The Hall–Kier alpha value is -1.39.